The summed E-state index contributed by atoms with van der Waals surface area (Å²) in [6.07, 6.45) is 0. The highest BCUT2D eigenvalue weighted by Crippen LogP contribution is 2.26. The number of halogens is 1. The Balaban J connectivity index is 2.62. The van der Waals surface area contributed by atoms with E-state index in [-0.39, 0.29) is 0 Å². The molecule has 0 aliphatic heterocycles. The van der Waals surface area contributed by atoms with Gasteiger partial charge >= 0.3 is 0 Å². The van der Waals surface area contributed by atoms with Gasteiger partial charge in [-0.05, 0) is 26.0 Å². The molecule has 0 radical (unpaired) electrons. The van der Waals surface area contributed by atoms with Crippen molar-refractivity contribution in [1.29, 1.82) is 0 Å². The second kappa shape index (κ2) is 4.10. The quantitative estimate of drug-likeness (QED) is 0.824. The minimum Gasteiger partial charge on any atom is -0.383 e. The Labute approximate surface area is 99.3 Å². The third-order valence-electron chi connectivity index (χ3n) is 2.54. The van der Waals surface area contributed by atoms with Crippen molar-refractivity contribution in [3.8, 4) is 11.4 Å². The number of nitrogen functional groups attached to an aromatic ring is 1. The zero-order valence-electron chi connectivity index (χ0n) is 9.16. The molecule has 1 aromatic heterocycles. The zero-order chi connectivity index (χ0) is 11.7. The maximum Gasteiger partial charge on any atom is 0.163 e. The zero-order valence-corrected chi connectivity index (χ0v) is 9.92. The maximum atomic E-state index is 6.08. The van der Waals surface area contributed by atoms with Gasteiger partial charge in [0.15, 0.2) is 5.82 Å². The standard InChI is InChI=1S/C12H12ClN3/c1-7-8(2)15-12(16-11(7)14)9-5-3-4-6-10(9)13/h3-6H,1-2H3,(H2,14,15,16). The maximum absolute atomic E-state index is 6.08. The van der Waals surface area contributed by atoms with Gasteiger partial charge < -0.3 is 5.73 Å². The van der Waals surface area contributed by atoms with E-state index in [4.69, 9.17) is 17.3 Å². The number of nitrogens with zero attached hydrogens (tertiary/aromatic N) is 2. The summed E-state index contributed by atoms with van der Waals surface area (Å²) >= 11 is 6.08. The Morgan fingerprint density at radius 2 is 1.81 bits per heavy atom. The van der Waals surface area contributed by atoms with Crippen molar-refractivity contribution in [3.63, 3.8) is 0 Å². The fraction of sp³-hybridized carbons (Fsp3) is 0.167. The number of aryl methyl sites for hydroxylation is 1. The minimum atomic E-state index is 0.502. The van der Waals surface area contributed by atoms with E-state index < -0.39 is 0 Å². The van der Waals surface area contributed by atoms with E-state index in [1.54, 1.807) is 0 Å². The van der Waals surface area contributed by atoms with Gasteiger partial charge in [-0.3, -0.25) is 0 Å². The Morgan fingerprint density at radius 3 is 2.44 bits per heavy atom. The van der Waals surface area contributed by atoms with Crippen molar-refractivity contribution in [1.82, 2.24) is 9.97 Å². The predicted molar refractivity (Wildman–Crippen MR) is 66.4 cm³/mol. The summed E-state index contributed by atoms with van der Waals surface area (Å²) in [6, 6.07) is 7.46. The van der Waals surface area contributed by atoms with Crippen molar-refractivity contribution in [2.45, 2.75) is 13.8 Å². The van der Waals surface area contributed by atoms with Gasteiger partial charge in [0.05, 0.1) is 5.02 Å². The molecule has 0 bridgehead atoms. The van der Waals surface area contributed by atoms with E-state index in [9.17, 15) is 0 Å². The van der Waals surface area contributed by atoms with Crippen molar-refractivity contribution < 1.29 is 0 Å². The first-order valence-corrected chi connectivity index (χ1v) is 5.33. The van der Waals surface area contributed by atoms with Crippen LogP contribution in [0.15, 0.2) is 24.3 Å². The molecule has 2 rings (SSSR count). The number of anilines is 1. The molecule has 0 amide bonds. The topological polar surface area (TPSA) is 51.8 Å². The van der Waals surface area contributed by atoms with Crippen LogP contribution in [0.4, 0.5) is 5.82 Å². The summed E-state index contributed by atoms with van der Waals surface area (Å²) in [5.41, 5.74) is 8.41. The molecule has 1 heterocycles. The lowest BCUT2D eigenvalue weighted by Gasteiger charge is -2.07. The van der Waals surface area contributed by atoms with Gasteiger partial charge in [-0.15, -0.1) is 0 Å². The number of hydrogen-bond acceptors (Lipinski definition) is 3. The van der Waals surface area contributed by atoms with E-state index in [1.165, 1.54) is 0 Å². The van der Waals surface area contributed by atoms with Gasteiger partial charge in [0.25, 0.3) is 0 Å². The molecule has 16 heavy (non-hydrogen) atoms. The molecule has 0 spiro atoms. The van der Waals surface area contributed by atoms with Crippen molar-refractivity contribution in [2.24, 2.45) is 0 Å². The second-order valence-corrected chi connectivity index (χ2v) is 4.03. The van der Waals surface area contributed by atoms with Gasteiger partial charge in [-0.2, -0.15) is 0 Å². The van der Waals surface area contributed by atoms with Gasteiger partial charge in [-0.25, -0.2) is 9.97 Å². The lowest BCUT2D eigenvalue weighted by Crippen LogP contribution is -2.02. The fourth-order valence-electron chi connectivity index (χ4n) is 1.41. The van der Waals surface area contributed by atoms with Crippen LogP contribution in [-0.2, 0) is 0 Å². The molecule has 1 aromatic carbocycles. The van der Waals surface area contributed by atoms with Gasteiger partial charge in [0.1, 0.15) is 5.82 Å². The summed E-state index contributed by atoms with van der Waals surface area (Å²) in [5, 5.41) is 0.630. The predicted octanol–water partition coefficient (Wildman–Crippen LogP) is 3.00. The molecule has 0 unspecified atom stereocenters. The van der Waals surface area contributed by atoms with Gasteiger partial charge in [0.2, 0.25) is 0 Å². The number of nitrogens with two attached hydrogens (primary N) is 1. The van der Waals surface area contributed by atoms with Crippen LogP contribution in [0.3, 0.4) is 0 Å². The largest absolute Gasteiger partial charge is 0.383 e. The normalized spacial score (nSPS) is 10.4. The molecule has 0 aliphatic carbocycles. The Bertz CT molecular complexity index is 515. The summed E-state index contributed by atoms with van der Waals surface area (Å²) < 4.78 is 0. The van der Waals surface area contributed by atoms with E-state index >= 15 is 0 Å². The van der Waals surface area contributed by atoms with Crippen LogP contribution >= 0.6 is 11.6 Å². The monoisotopic (exact) mass is 233 g/mol. The van der Waals surface area contributed by atoms with Crippen LogP contribution in [0.2, 0.25) is 5.02 Å². The van der Waals surface area contributed by atoms with Crippen LogP contribution in [0.25, 0.3) is 11.4 Å². The first-order valence-electron chi connectivity index (χ1n) is 4.95. The second-order valence-electron chi connectivity index (χ2n) is 3.62. The molecule has 0 saturated carbocycles. The highest BCUT2D eigenvalue weighted by atomic mass is 35.5. The molecule has 82 valence electrons. The minimum absolute atomic E-state index is 0.502. The average molecular weight is 234 g/mol. The smallest absolute Gasteiger partial charge is 0.163 e. The van der Waals surface area contributed by atoms with Gasteiger partial charge in [-0.1, -0.05) is 23.7 Å². The van der Waals surface area contributed by atoms with E-state index in [2.05, 4.69) is 9.97 Å². The third-order valence-corrected chi connectivity index (χ3v) is 2.87. The number of aromatic nitrogens is 2. The highest BCUT2D eigenvalue weighted by Gasteiger charge is 2.09. The summed E-state index contributed by atoms with van der Waals surface area (Å²) in [4.78, 5) is 8.64. The Hall–Kier alpha value is -1.61. The van der Waals surface area contributed by atoms with Crippen LogP contribution in [0, 0.1) is 13.8 Å². The van der Waals surface area contributed by atoms with Crippen molar-refractivity contribution >= 4 is 17.4 Å². The molecule has 2 aromatic rings. The third kappa shape index (κ3) is 1.86. The lowest BCUT2D eigenvalue weighted by atomic mass is 10.2. The van der Waals surface area contributed by atoms with Crippen molar-refractivity contribution in [3.05, 3.63) is 40.5 Å². The van der Waals surface area contributed by atoms with E-state index in [0.29, 0.717) is 16.7 Å². The highest BCUT2D eigenvalue weighted by molar-refractivity contribution is 6.33. The van der Waals surface area contributed by atoms with Crippen LogP contribution in [-0.4, -0.2) is 9.97 Å². The molecule has 3 nitrogen and oxygen atoms in total. The average Bonchev–Trinajstić information content (AvgIpc) is 2.26. The molecular formula is C12H12ClN3. The SMILES string of the molecule is Cc1nc(-c2ccccc2Cl)nc(N)c1C. The molecule has 4 heteroatoms. The Morgan fingerprint density at radius 1 is 1.12 bits per heavy atom. The molecule has 0 atom stereocenters. The lowest BCUT2D eigenvalue weighted by molar-refractivity contribution is 1.08. The molecule has 0 aliphatic rings. The molecular weight excluding hydrogens is 222 g/mol. The summed E-state index contributed by atoms with van der Waals surface area (Å²) in [7, 11) is 0. The molecule has 0 saturated heterocycles. The van der Waals surface area contributed by atoms with Gasteiger partial charge in [0, 0.05) is 16.8 Å². The number of hydrogen-bond donors (Lipinski definition) is 1. The van der Waals surface area contributed by atoms with E-state index in [1.807, 2.05) is 38.1 Å². The number of benzene rings is 1. The van der Waals surface area contributed by atoms with Crippen molar-refractivity contribution in [2.75, 3.05) is 5.73 Å². The first kappa shape index (κ1) is 10.9. The number of rotatable bonds is 1. The van der Waals surface area contributed by atoms with Crippen LogP contribution < -0.4 is 5.73 Å². The van der Waals surface area contributed by atoms with Crippen LogP contribution in [0.5, 0.6) is 0 Å². The first-order chi connectivity index (χ1) is 7.59. The van der Waals surface area contributed by atoms with E-state index in [0.717, 1.165) is 16.8 Å². The summed E-state index contributed by atoms with van der Waals surface area (Å²) in [6.45, 7) is 3.81. The summed E-state index contributed by atoms with van der Waals surface area (Å²) in [5.74, 6) is 1.08. The molecule has 0 fully saturated rings. The fourth-order valence-corrected chi connectivity index (χ4v) is 1.63. The van der Waals surface area contributed by atoms with Crippen LogP contribution in [0.1, 0.15) is 11.3 Å². The molecule has 2 N–H and O–H groups in total. The Kier molecular flexibility index (Phi) is 2.79.